The van der Waals surface area contributed by atoms with Crippen LogP contribution in [0.1, 0.15) is 38.5 Å². The van der Waals surface area contributed by atoms with Gasteiger partial charge >= 0.3 is 0 Å². The fourth-order valence-corrected chi connectivity index (χ4v) is 3.11. The third kappa shape index (κ3) is 3.95. The summed E-state index contributed by atoms with van der Waals surface area (Å²) in [6.45, 7) is 3.48. The van der Waals surface area contributed by atoms with Crippen molar-refractivity contribution in [3.8, 4) is 0 Å². The van der Waals surface area contributed by atoms with E-state index in [0.29, 0.717) is 12.6 Å². The number of hydrogen-bond donors (Lipinski definition) is 1. The quantitative estimate of drug-likeness (QED) is 0.815. The normalized spacial score (nSPS) is 23.4. The van der Waals surface area contributed by atoms with Gasteiger partial charge in [0.05, 0.1) is 6.54 Å². The van der Waals surface area contributed by atoms with Gasteiger partial charge in [-0.15, -0.1) is 0 Å². The van der Waals surface area contributed by atoms with Gasteiger partial charge in [0, 0.05) is 32.7 Å². The molecule has 1 saturated heterocycles. The molecule has 1 aliphatic carbocycles. The summed E-state index contributed by atoms with van der Waals surface area (Å²) >= 11 is 0. The van der Waals surface area contributed by atoms with Crippen LogP contribution in [0.4, 0.5) is 0 Å². The second kappa shape index (κ2) is 6.53. The van der Waals surface area contributed by atoms with Gasteiger partial charge in [0.2, 0.25) is 5.91 Å². The summed E-state index contributed by atoms with van der Waals surface area (Å²) < 4.78 is 0. The van der Waals surface area contributed by atoms with Crippen LogP contribution in [-0.4, -0.2) is 55.0 Å². The largest absolute Gasteiger partial charge is 0.344 e. The monoisotopic (exact) mass is 253 g/mol. The Labute approximate surface area is 110 Å². The summed E-state index contributed by atoms with van der Waals surface area (Å²) in [7, 11) is 1.95. The van der Waals surface area contributed by atoms with Gasteiger partial charge in [-0.2, -0.15) is 0 Å². The number of hydrogen-bond acceptors (Lipinski definition) is 3. The minimum absolute atomic E-state index is 0.275. The Morgan fingerprint density at radius 1 is 1.22 bits per heavy atom. The molecular formula is C14H27N3O. The molecule has 0 spiro atoms. The number of likely N-dealkylation sites (tertiary alicyclic amines) is 1. The maximum absolute atomic E-state index is 12.1. The van der Waals surface area contributed by atoms with E-state index in [-0.39, 0.29) is 5.91 Å². The molecule has 1 heterocycles. The molecule has 2 rings (SSSR count). The summed E-state index contributed by atoms with van der Waals surface area (Å²) in [5.74, 6) is 1.02. The first kappa shape index (κ1) is 13.8. The molecule has 0 bridgehead atoms. The molecule has 2 aliphatic rings. The van der Waals surface area contributed by atoms with Crippen LogP contribution in [0.15, 0.2) is 0 Å². The molecule has 0 aromatic rings. The number of nitrogens with zero attached hydrogens (tertiary/aromatic N) is 2. The standard InChI is InChI=1S/C14H27N3O/c1-16(10-12-4-2-3-5-12)14(18)11-17-8-6-13(15)7-9-17/h12-13H,2-11,15H2,1H3. The molecule has 0 radical (unpaired) electrons. The Kier molecular flexibility index (Phi) is 5.01. The molecule has 0 aromatic carbocycles. The lowest BCUT2D eigenvalue weighted by atomic mass is 10.1. The zero-order chi connectivity index (χ0) is 13.0. The summed E-state index contributed by atoms with van der Waals surface area (Å²) in [5, 5.41) is 0. The highest BCUT2D eigenvalue weighted by molar-refractivity contribution is 5.78. The summed E-state index contributed by atoms with van der Waals surface area (Å²) in [6, 6.07) is 0.340. The molecule has 1 saturated carbocycles. The van der Waals surface area contributed by atoms with Crippen LogP contribution in [-0.2, 0) is 4.79 Å². The second-order valence-corrected chi connectivity index (χ2v) is 6.04. The van der Waals surface area contributed by atoms with Crippen LogP contribution in [0.3, 0.4) is 0 Å². The van der Waals surface area contributed by atoms with E-state index >= 15 is 0 Å². The second-order valence-electron chi connectivity index (χ2n) is 6.04. The van der Waals surface area contributed by atoms with Crippen molar-refractivity contribution in [2.75, 3.05) is 33.2 Å². The molecule has 1 amide bonds. The summed E-state index contributed by atoms with van der Waals surface area (Å²) in [4.78, 5) is 16.3. The van der Waals surface area contributed by atoms with Crippen molar-refractivity contribution in [2.45, 2.75) is 44.6 Å². The lowest BCUT2D eigenvalue weighted by Gasteiger charge is -2.31. The predicted octanol–water partition coefficient (Wildman–Crippen LogP) is 1.06. The molecule has 2 N–H and O–H groups in total. The van der Waals surface area contributed by atoms with E-state index in [2.05, 4.69) is 4.90 Å². The van der Waals surface area contributed by atoms with Gasteiger partial charge in [0.1, 0.15) is 0 Å². The first-order chi connectivity index (χ1) is 8.65. The Morgan fingerprint density at radius 2 is 1.83 bits per heavy atom. The number of amides is 1. The molecule has 1 aliphatic heterocycles. The average Bonchev–Trinajstić information content (AvgIpc) is 2.85. The van der Waals surface area contributed by atoms with Gasteiger partial charge in [-0.05, 0) is 31.6 Å². The molecule has 4 heteroatoms. The van der Waals surface area contributed by atoms with E-state index < -0.39 is 0 Å². The zero-order valence-corrected chi connectivity index (χ0v) is 11.6. The topological polar surface area (TPSA) is 49.6 Å². The Bertz CT molecular complexity index is 268. The van der Waals surface area contributed by atoms with Gasteiger partial charge in [-0.25, -0.2) is 0 Å². The zero-order valence-electron chi connectivity index (χ0n) is 11.6. The van der Waals surface area contributed by atoms with Gasteiger partial charge in [0.15, 0.2) is 0 Å². The molecule has 2 fully saturated rings. The first-order valence-electron chi connectivity index (χ1n) is 7.37. The van der Waals surface area contributed by atoms with E-state index in [0.717, 1.165) is 38.4 Å². The van der Waals surface area contributed by atoms with Crippen molar-refractivity contribution < 1.29 is 4.79 Å². The van der Waals surface area contributed by atoms with E-state index in [9.17, 15) is 4.79 Å². The molecule has 4 nitrogen and oxygen atoms in total. The molecular weight excluding hydrogens is 226 g/mol. The van der Waals surface area contributed by atoms with Crippen molar-refractivity contribution in [1.29, 1.82) is 0 Å². The molecule has 0 atom stereocenters. The number of piperidine rings is 1. The number of nitrogens with two attached hydrogens (primary N) is 1. The summed E-state index contributed by atoms with van der Waals surface area (Å²) in [5.41, 5.74) is 5.87. The highest BCUT2D eigenvalue weighted by Crippen LogP contribution is 2.25. The van der Waals surface area contributed by atoms with Gasteiger partial charge < -0.3 is 10.6 Å². The number of likely N-dealkylation sites (N-methyl/N-ethyl adjacent to an activating group) is 1. The predicted molar refractivity (Wildman–Crippen MR) is 73.2 cm³/mol. The maximum atomic E-state index is 12.1. The van der Waals surface area contributed by atoms with Crippen LogP contribution in [0, 0.1) is 5.92 Å². The number of carbonyl (C=O) groups excluding carboxylic acids is 1. The first-order valence-corrected chi connectivity index (χ1v) is 7.37. The maximum Gasteiger partial charge on any atom is 0.236 e. The van der Waals surface area contributed by atoms with Gasteiger partial charge in [0.25, 0.3) is 0 Å². The number of rotatable bonds is 4. The highest BCUT2D eigenvalue weighted by atomic mass is 16.2. The van der Waals surface area contributed by atoms with E-state index in [4.69, 9.17) is 5.73 Å². The smallest absolute Gasteiger partial charge is 0.236 e. The van der Waals surface area contributed by atoms with E-state index in [1.807, 2.05) is 11.9 Å². The molecule has 18 heavy (non-hydrogen) atoms. The van der Waals surface area contributed by atoms with E-state index in [1.54, 1.807) is 0 Å². The minimum Gasteiger partial charge on any atom is -0.344 e. The van der Waals surface area contributed by atoms with Crippen LogP contribution in [0.5, 0.6) is 0 Å². The van der Waals surface area contributed by atoms with Crippen LogP contribution in [0.25, 0.3) is 0 Å². The number of carbonyl (C=O) groups is 1. The molecule has 104 valence electrons. The Morgan fingerprint density at radius 3 is 2.44 bits per heavy atom. The lowest BCUT2D eigenvalue weighted by molar-refractivity contribution is -0.131. The third-order valence-electron chi connectivity index (χ3n) is 4.42. The van der Waals surface area contributed by atoms with Crippen molar-refractivity contribution in [3.63, 3.8) is 0 Å². The van der Waals surface area contributed by atoms with Crippen molar-refractivity contribution in [3.05, 3.63) is 0 Å². The Balaban J connectivity index is 1.69. The fourth-order valence-electron chi connectivity index (χ4n) is 3.11. The highest BCUT2D eigenvalue weighted by Gasteiger charge is 2.22. The SMILES string of the molecule is CN(CC1CCCC1)C(=O)CN1CCC(N)CC1. The third-order valence-corrected chi connectivity index (χ3v) is 4.42. The van der Waals surface area contributed by atoms with Gasteiger partial charge in [-0.1, -0.05) is 12.8 Å². The fraction of sp³-hybridized carbons (Fsp3) is 0.929. The van der Waals surface area contributed by atoms with Gasteiger partial charge in [-0.3, -0.25) is 9.69 Å². The van der Waals surface area contributed by atoms with Crippen molar-refractivity contribution in [2.24, 2.45) is 11.7 Å². The average molecular weight is 253 g/mol. The molecule has 0 aromatic heterocycles. The minimum atomic E-state index is 0.275. The van der Waals surface area contributed by atoms with Crippen molar-refractivity contribution >= 4 is 5.91 Å². The van der Waals surface area contributed by atoms with Crippen LogP contribution in [0.2, 0.25) is 0 Å². The molecule has 0 unspecified atom stereocenters. The van der Waals surface area contributed by atoms with Crippen LogP contribution < -0.4 is 5.73 Å². The Hall–Kier alpha value is -0.610. The van der Waals surface area contributed by atoms with Crippen molar-refractivity contribution in [1.82, 2.24) is 9.80 Å². The lowest BCUT2D eigenvalue weighted by Crippen LogP contribution is -2.45. The van der Waals surface area contributed by atoms with Crippen LogP contribution >= 0.6 is 0 Å². The summed E-state index contributed by atoms with van der Waals surface area (Å²) in [6.07, 6.45) is 7.35. The van der Waals surface area contributed by atoms with E-state index in [1.165, 1.54) is 25.7 Å².